The van der Waals surface area contributed by atoms with Crippen LogP contribution < -0.4 is 18.9 Å². The number of benzene rings is 8. The van der Waals surface area contributed by atoms with E-state index in [4.69, 9.17) is 37.9 Å². The van der Waals surface area contributed by atoms with E-state index < -0.39 is 0 Å². The molecule has 0 fully saturated rings. The maximum absolute atomic E-state index is 13.0. The number of phenols is 4. The van der Waals surface area contributed by atoms with Gasteiger partial charge in [-0.1, -0.05) is 263 Å². The summed E-state index contributed by atoms with van der Waals surface area (Å²) >= 11 is 0. The van der Waals surface area contributed by atoms with E-state index in [1.165, 1.54) is 0 Å². The molecular formula is C100H132O12. The Kier molecular flexibility index (Phi) is 25.1. The zero-order valence-electron chi connectivity index (χ0n) is 72.4. The van der Waals surface area contributed by atoms with E-state index in [1.54, 1.807) is 0 Å². The van der Waals surface area contributed by atoms with Gasteiger partial charge >= 0.3 is 0 Å². The van der Waals surface area contributed by atoms with Crippen molar-refractivity contribution in [1.82, 2.24) is 0 Å². The number of hydrogen-bond acceptors (Lipinski definition) is 12. The molecule has 8 aromatic carbocycles. The van der Waals surface area contributed by atoms with E-state index in [9.17, 15) is 20.4 Å². The maximum atomic E-state index is 13.0. The van der Waals surface area contributed by atoms with Crippen LogP contribution in [0, 0.1) is 0 Å². The SMILES string of the molecule is CC(C)(C)c1cc2c(O)c(c1)Cc1cc(C(C)(C)C)cc3c1OCCOCCOCCOc1c4cc(C(C)(C)C)cc1Cc1cc(C(C)(C)C)cc(c1O)Cc1cc(C(C)(C)C)cc(c1OCCOCCOCCOc1c(cc(C(C)(C)C)cc1Cc1cc(C(C)(C)C)cc(c1O)C3)C2)Cc1cc(C(C)(C)C)cc(c1O)C4. The molecule has 0 unspecified atom stereocenters. The normalized spacial score (nSPS) is 16.1. The van der Waals surface area contributed by atoms with Crippen molar-refractivity contribution in [3.05, 3.63) is 231 Å². The molecule has 12 nitrogen and oxygen atoms in total. The highest BCUT2D eigenvalue weighted by Gasteiger charge is 2.33. The topological polar surface area (TPSA) is 155 Å². The zero-order valence-corrected chi connectivity index (χ0v) is 72.4. The van der Waals surface area contributed by atoms with Crippen molar-refractivity contribution in [2.75, 3.05) is 79.3 Å². The summed E-state index contributed by atoms with van der Waals surface area (Å²) in [5.74, 6) is 3.76. The fourth-order valence-corrected chi connectivity index (χ4v) is 15.5. The van der Waals surface area contributed by atoms with Gasteiger partial charge in [0.25, 0.3) is 0 Å². The van der Waals surface area contributed by atoms with Crippen LogP contribution in [0.1, 0.15) is 300 Å². The highest BCUT2D eigenvalue weighted by molar-refractivity contribution is 5.63. The monoisotopic (exact) mass is 1520 g/mol. The molecular weight excluding hydrogens is 1390 g/mol. The first kappa shape index (κ1) is 84.9. The molecule has 0 saturated heterocycles. The van der Waals surface area contributed by atoms with Gasteiger partial charge in [0.05, 0.1) is 52.9 Å². The molecule has 0 amide bonds. The molecule has 12 rings (SSSR count). The highest BCUT2D eigenvalue weighted by Crippen LogP contribution is 2.48. The summed E-state index contributed by atoms with van der Waals surface area (Å²) in [4.78, 5) is 0. The van der Waals surface area contributed by atoms with E-state index in [0.717, 1.165) is 134 Å². The summed E-state index contributed by atoms with van der Waals surface area (Å²) < 4.78 is 54.0. The Morgan fingerprint density at radius 3 is 0.393 bits per heavy atom. The Bertz CT molecular complexity index is 3930. The number of ether oxygens (including phenoxy) is 8. The molecule has 4 N–H and O–H groups in total. The molecule has 112 heavy (non-hydrogen) atoms. The highest BCUT2D eigenvalue weighted by atomic mass is 16.6. The van der Waals surface area contributed by atoms with Crippen molar-refractivity contribution in [2.24, 2.45) is 0 Å². The summed E-state index contributed by atoms with van der Waals surface area (Å²) in [5, 5.41) is 52.1. The van der Waals surface area contributed by atoms with Crippen LogP contribution in [0.4, 0.5) is 0 Å². The Morgan fingerprint density at radius 2 is 0.277 bits per heavy atom. The van der Waals surface area contributed by atoms with Gasteiger partial charge in [0.1, 0.15) is 72.4 Å². The molecule has 4 aliphatic rings. The molecule has 0 atom stereocenters. The summed E-state index contributed by atoms with van der Waals surface area (Å²) in [6.07, 6.45) is 2.96. The lowest BCUT2D eigenvalue weighted by Crippen LogP contribution is -2.18. The predicted octanol–water partition coefficient (Wildman–Crippen LogP) is 21.5. The molecule has 12 heteroatoms. The van der Waals surface area contributed by atoms with E-state index in [1.807, 2.05) is 0 Å². The molecule has 2 aliphatic carbocycles. The number of fused-ring (bicyclic) bond motifs is 20. The lowest BCUT2D eigenvalue weighted by molar-refractivity contribution is 0.0270. The van der Waals surface area contributed by atoms with Crippen LogP contribution in [-0.2, 0) is 114 Å². The minimum atomic E-state index is -0.276. The molecule has 0 radical (unpaired) electrons. The fraction of sp³-hybridized carbons (Fsp3) is 0.520. The Hall–Kier alpha value is -8.00. The average molecular weight is 1530 g/mol. The minimum Gasteiger partial charge on any atom is -0.507 e. The van der Waals surface area contributed by atoms with E-state index in [-0.39, 0.29) is 119 Å². The van der Waals surface area contributed by atoms with Gasteiger partial charge in [-0.05, 0) is 177 Å². The first-order valence-electron chi connectivity index (χ1n) is 41.1. The Labute approximate surface area is 671 Å². The van der Waals surface area contributed by atoms with Crippen LogP contribution in [0.5, 0.6) is 46.0 Å². The zero-order chi connectivity index (χ0) is 81.6. The molecule has 20 bridgehead atoms. The van der Waals surface area contributed by atoms with Gasteiger partial charge in [-0.15, -0.1) is 0 Å². The van der Waals surface area contributed by atoms with Crippen LogP contribution in [0.2, 0.25) is 0 Å². The predicted molar refractivity (Wildman–Crippen MR) is 455 cm³/mol. The number of hydrogen-bond donors (Lipinski definition) is 4. The van der Waals surface area contributed by atoms with Gasteiger partial charge in [-0.2, -0.15) is 0 Å². The lowest BCUT2D eigenvalue weighted by Gasteiger charge is -2.28. The van der Waals surface area contributed by atoms with Crippen LogP contribution in [0.25, 0.3) is 0 Å². The number of aromatic hydroxyl groups is 4. The average Bonchev–Trinajstić information content (AvgIpc) is 0.772. The van der Waals surface area contributed by atoms with Crippen molar-refractivity contribution in [2.45, 2.75) is 261 Å². The van der Waals surface area contributed by atoms with Gasteiger partial charge < -0.3 is 58.3 Å². The summed E-state index contributed by atoms with van der Waals surface area (Å²) in [5.41, 5.74) is 20.4. The van der Waals surface area contributed by atoms with Crippen LogP contribution in [0.3, 0.4) is 0 Å². The smallest absolute Gasteiger partial charge is 0.126 e. The van der Waals surface area contributed by atoms with Crippen LogP contribution in [-0.4, -0.2) is 99.7 Å². The summed E-state index contributed by atoms with van der Waals surface area (Å²) in [6.45, 7) is 56.6. The van der Waals surface area contributed by atoms with Crippen molar-refractivity contribution in [1.29, 1.82) is 0 Å². The third-order valence-corrected chi connectivity index (χ3v) is 22.7. The van der Waals surface area contributed by atoms with Gasteiger partial charge in [0.2, 0.25) is 0 Å². The van der Waals surface area contributed by atoms with Crippen LogP contribution in [0.15, 0.2) is 97.1 Å². The Morgan fingerprint density at radius 1 is 0.170 bits per heavy atom. The minimum absolute atomic E-state index is 0.227. The molecule has 2 aliphatic heterocycles. The molecule has 0 saturated carbocycles. The third-order valence-electron chi connectivity index (χ3n) is 22.7. The number of phenolic OH excluding ortho intramolecular Hbond substituents is 4. The first-order chi connectivity index (χ1) is 52.2. The molecule has 0 spiro atoms. The maximum Gasteiger partial charge on any atom is 0.126 e. The number of rotatable bonds is 0. The van der Waals surface area contributed by atoms with Gasteiger partial charge in [-0.25, -0.2) is 0 Å². The van der Waals surface area contributed by atoms with Gasteiger partial charge in [0, 0.05) is 51.4 Å². The largest absolute Gasteiger partial charge is 0.507 e. The van der Waals surface area contributed by atoms with Crippen molar-refractivity contribution in [3.8, 4) is 46.0 Å². The standard InChI is InChI=1S/C100H132O12/c1-93(2,3)77-45-61-37-69-53-81(97(13,14)15)55-71-39-63-47-78(94(4,5)6)48-64(86(63)102)40-72-56-82(98(16,17)18)54-70(38-62(46-77)85(61)101)90(72)110-34-30-106-26-28-108-32-36-112-92-74-42-66-50-79(95(7,8)9)49-65(87(66)103)41-73-57-83(99(19,20)21)59-75(91(73)111-35-31-107-27-25-105-29-33-109-89(69)71)43-67-51-80(96(10,11)12)52-68(88(67)104)44-76(92)60-84(58-74)100(22,23)24/h45-60,101-104H,25-44H2,1-24H3. The lowest BCUT2D eigenvalue weighted by atomic mass is 9.79. The van der Waals surface area contributed by atoms with Crippen LogP contribution >= 0.6 is 0 Å². The van der Waals surface area contributed by atoms with Crippen molar-refractivity contribution < 1.29 is 58.3 Å². The second-order valence-corrected chi connectivity index (χ2v) is 40.3. The first-order valence-corrected chi connectivity index (χ1v) is 41.1. The molecule has 2 heterocycles. The van der Waals surface area contributed by atoms with E-state index in [2.05, 4.69) is 263 Å². The molecule has 8 aromatic rings. The summed E-state index contributed by atoms with van der Waals surface area (Å²) in [6, 6.07) is 35.4. The second kappa shape index (κ2) is 33.1. The summed E-state index contributed by atoms with van der Waals surface area (Å²) in [7, 11) is 0. The van der Waals surface area contributed by atoms with Crippen molar-refractivity contribution in [3.63, 3.8) is 0 Å². The molecule has 0 aromatic heterocycles. The van der Waals surface area contributed by atoms with Gasteiger partial charge in [-0.3, -0.25) is 0 Å². The molecule has 604 valence electrons. The van der Waals surface area contributed by atoms with E-state index in [0.29, 0.717) is 101 Å². The van der Waals surface area contributed by atoms with E-state index >= 15 is 0 Å². The Balaban J connectivity index is 1.03. The fourth-order valence-electron chi connectivity index (χ4n) is 15.5. The third kappa shape index (κ3) is 20.4. The quantitative estimate of drug-likeness (QED) is 0.107. The second-order valence-electron chi connectivity index (χ2n) is 40.3. The van der Waals surface area contributed by atoms with Gasteiger partial charge in [0.15, 0.2) is 0 Å². The van der Waals surface area contributed by atoms with Crippen molar-refractivity contribution >= 4 is 0 Å².